The molecule has 0 amide bonds. The molecule has 3 aromatic heterocycles. The monoisotopic (exact) mass is 418 g/mol. The van der Waals surface area contributed by atoms with Gasteiger partial charge in [0.2, 0.25) is 0 Å². The predicted molar refractivity (Wildman–Crippen MR) is 118 cm³/mol. The first-order valence-electron chi connectivity index (χ1n) is 10.7. The summed E-state index contributed by atoms with van der Waals surface area (Å²) in [4.78, 5) is 21.8. The zero-order valence-corrected chi connectivity index (χ0v) is 17.3. The normalized spacial score (nSPS) is 17.7. The van der Waals surface area contributed by atoms with Crippen LogP contribution in [0.15, 0.2) is 51.9 Å². The number of aromatic nitrogens is 2. The molecule has 0 radical (unpaired) electrons. The maximum atomic E-state index is 14.6. The summed E-state index contributed by atoms with van der Waals surface area (Å²) in [5.74, 6) is 0.0719. The van der Waals surface area contributed by atoms with Crippen molar-refractivity contribution in [2.24, 2.45) is 0 Å². The molecule has 31 heavy (non-hydrogen) atoms. The summed E-state index contributed by atoms with van der Waals surface area (Å²) in [6, 6.07) is 9.31. The summed E-state index contributed by atoms with van der Waals surface area (Å²) in [5.41, 5.74) is 3.12. The molecule has 7 heteroatoms. The van der Waals surface area contributed by atoms with Gasteiger partial charge < -0.3 is 18.6 Å². The van der Waals surface area contributed by atoms with Crippen LogP contribution in [0.1, 0.15) is 24.3 Å². The van der Waals surface area contributed by atoms with E-state index in [1.807, 2.05) is 18.3 Å². The topological polar surface area (TPSA) is 54.0 Å². The molecule has 0 N–H and O–H groups in total. The summed E-state index contributed by atoms with van der Waals surface area (Å²) in [5, 5.41) is 0.823. The lowest BCUT2D eigenvalue weighted by Crippen LogP contribution is -2.44. The largest absolute Gasteiger partial charge is 0.422 e. The van der Waals surface area contributed by atoms with Gasteiger partial charge in [-0.2, -0.15) is 0 Å². The number of fused-ring (bicyclic) bond motifs is 2. The molecule has 6 rings (SSSR count). The minimum atomic E-state index is -0.464. The van der Waals surface area contributed by atoms with Crippen molar-refractivity contribution >= 4 is 22.3 Å². The highest BCUT2D eigenvalue weighted by Gasteiger charge is 2.25. The van der Waals surface area contributed by atoms with Crippen LogP contribution >= 0.6 is 0 Å². The Labute approximate surface area is 178 Å². The van der Waals surface area contributed by atoms with Gasteiger partial charge >= 0.3 is 5.63 Å². The molecule has 4 aromatic rings. The van der Waals surface area contributed by atoms with E-state index in [4.69, 9.17) is 4.42 Å². The Kier molecular flexibility index (Phi) is 4.14. The number of rotatable bonds is 3. The molecule has 1 aliphatic carbocycles. The third-order valence-corrected chi connectivity index (χ3v) is 6.44. The van der Waals surface area contributed by atoms with Gasteiger partial charge in [0, 0.05) is 55.7 Å². The summed E-state index contributed by atoms with van der Waals surface area (Å²) in [6.07, 6.45) is 5.81. The first-order chi connectivity index (χ1) is 15.0. The molecule has 4 heterocycles. The highest BCUT2D eigenvalue weighted by atomic mass is 19.1. The van der Waals surface area contributed by atoms with Crippen molar-refractivity contribution in [3.63, 3.8) is 0 Å². The van der Waals surface area contributed by atoms with Crippen LogP contribution < -0.4 is 10.5 Å². The number of hydrogen-bond acceptors (Lipinski definition) is 5. The van der Waals surface area contributed by atoms with Crippen LogP contribution in [0.4, 0.5) is 10.1 Å². The number of anilines is 1. The average Bonchev–Trinajstić information content (AvgIpc) is 3.52. The van der Waals surface area contributed by atoms with Crippen molar-refractivity contribution in [3.05, 3.63) is 64.5 Å². The Hall–Kier alpha value is -3.19. The van der Waals surface area contributed by atoms with Gasteiger partial charge in [-0.05, 0) is 55.6 Å². The minimum Gasteiger partial charge on any atom is -0.422 e. The van der Waals surface area contributed by atoms with Gasteiger partial charge in [0.15, 0.2) is 11.5 Å². The number of halogens is 1. The number of pyridine rings is 1. The second kappa shape index (κ2) is 6.92. The lowest BCUT2D eigenvalue weighted by molar-refractivity contribution is 0.313. The van der Waals surface area contributed by atoms with Crippen molar-refractivity contribution in [2.75, 3.05) is 38.1 Å². The molecule has 1 saturated carbocycles. The summed E-state index contributed by atoms with van der Waals surface area (Å²) in [6.45, 7) is 3.90. The fourth-order valence-corrected chi connectivity index (χ4v) is 4.39. The second-order valence-electron chi connectivity index (χ2n) is 8.71. The Morgan fingerprint density at radius 1 is 1.06 bits per heavy atom. The Balaban J connectivity index is 1.39. The number of benzene rings is 1. The average molecular weight is 418 g/mol. The number of likely N-dealkylation sites (N-methyl/N-ethyl adjacent to an activating group) is 1. The van der Waals surface area contributed by atoms with E-state index in [1.165, 1.54) is 0 Å². The van der Waals surface area contributed by atoms with Gasteiger partial charge in [0.1, 0.15) is 5.58 Å². The summed E-state index contributed by atoms with van der Waals surface area (Å²) in [7, 11) is 2.12. The summed E-state index contributed by atoms with van der Waals surface area (Å²) < 4.78 is 21.9. The SMILES string of the molecule is CN1CCN(c2ccc3cc(-c4cn5cc(C6CC6)cc(F)c5n4)c(=O)oc3c2)CC1. The molecule has 2 fully saturated rings. The van der Waals surface area contributed by atoms with Crippen molar-refractivity contribution in [2.45, 2.75) is 18.8 Å². The Morgan fingerprint density at radius 3 is 2.65 bits per heavy atom. The molecule has 0 spiro atoms. The van der Waals surface area contributed by atoms with E-state index in [1.54, 1.807) is 22.7 Å². The molecule has 158 valence electrons. The van der Waals surface area contributed by atoms with E-state index >= 15 is 0 Å². The maximum absolute atomic E-state index is 14.6. The van der Waals surface area contributed by atoms with Gasteiger partial charge in [-0.1, -0.05) is 0 Å². The molecule has 0 atom stereocenters. The number of hydrogen-bond donors (Lipinski definition) is 0. The zero-order chi connectivity index (χ0) is 21.1. The number of piperazine rings is 1. The van der Waals surface area contributed by atoms with Crippen LogP contribution in [0.5, 0.6) is 0 Å². The Morgan fingerprint density at radius 2 is 1.87 bits per heavy atom. The molecule has 1 aromatic carbocycles. The molecule has 0 bridgehead atoms. The standard InChI is InChI=1S/C24H23FN4O2/c1-27-6-8-28(9-7-27)18-5-4-16-10-19(24(30)31-22(16)12-18)21-14-29-13-17(15-2-3-15)11-20(25)23(29)26-21/h4-5,10-15H,2-3,6-9H2,1H3. The fraction of sp³-hybridized carbons (Fsp3) is 0.333. The first kappa shape index (κ1) is 18.6. The van der Waals surface area contributed by atoms with Gasteiger partial charge in [0.05, 0.1) is 11.3 Å². The quantitative estimate of drug-likeness (QED) is 0.473. The smallest absolute Gasteiger partial charge is 0.345 e. The molecule has 0 unspecified atom stereocenters. The molecule has 2 aliphatic rings. The lowest BCUT2D eigenvalue weighted by Gasteiger charge is -2.34. The van der Waals surface area contributed by atoms with Crippen molar-refractivity contribution in [1.29, 1.82) is 0 Å². The molecule has 1 saturated heterocycles. The van der Waals surface area contributed by atoms with Crippen molar-refractivity contribution in [1.82, 2.24) is 14.3 Å². The first-order valence-corrected chi connectivity index (χ1v) is 10.7. The molecular weight excluding hydrogens is 395 g/mol. The third-order valence-electron chi connectivity index (χ3n) is 6.44. The van der Waals surface area contributed by atoms with Crippen LogP contribution in [0.25, 0.3) is 27.9 Å². The summed E-state index contributed by atoms with van der Waals surface area (Å²) >= 11 is 0. The number of nitrogens with zero attached hydrogens (tertiary/aromatic N) is 4. The van der Waals surface area contributed by atoms with E-state index in [0.29, 0.717) is 22.8 Å². The van der Waals surface area contributed by atoms with Gasteiger partial charge in [-0.25, -0.2) is 14.2 Å². The highest BCUT2D eigenvalue weighted by Crippen LogP contribution is 2.40. The van der Waals surface area contributed by atoms with Crippen LogP contribution in [0.2, 0.25) is 0 Å². The van der Waals surface area contributed by atoms with E-state index in [-0.39, 0.29) is 11.5 Å². The van der Waals surface area contributed by atoms with Crippen LogP contribution in [0.3, 0.4) is 0 Å². The van der Waals surface area contributed by atoms with Gasteiger partial charge in [-0.15, -0.1) is 0 Å². The van der Waals surface area contributed by atoms with Gasteiger partial charge in [0.25, 0.3) is 0 Å². The fourth-order valence-electron chi connectivity index (χ4n) is 4.39. The molecule has 6 nitrogen and oxygen atoms in total. The van der Waals surface area contributed by atoms with E-state index in [2.05, 4.69) is 27.9 Å². The van der Waals surface area contributed by atoms with Crippen molar-refractivity contribution in [3.8, 4) is 11.3 Å². The van der Waals surface area contributed by atoms with Crippen LogP contribution in [-0.2, 0) is 0 Å². The number of imidazole rings is 1. The highest BCUT2D eigenvalue weighted by molar-refractivity contribution is 5.84. The second-order valence-corrected chi connectivity index (χ2v) is 8.71. The lowest BCUT2D eigenvalue weighted by atomic mass is 10.1. The van der Waals surface area contributed by atoms with Gasteiger partial charge in [-0.3, -0.25) is 0 Å². The molecular formula is C24H23FN4O2. The minimum absolute atomic E-state index is 0.226. The van der Waals surface area contributed by atoms with Crippen LogP contribution in [0, 0.1) is 5.82 Å². The Bertz CT molecular complexity index is 1360. The van der Waals surface area contributed by atoms with E-state index in [0.717, 1.165) is 55.7 Å². The molecule has 1 aliphatic heterocycles. The van der Waals surface area contributed by atoms with Crippen LogP contribution in [-0.4, -0.2) is 47.5 Å². The zero-order valence-electron chi connectivity index (χ0n) is 17.3. The van der Waals surface area contributed by atoms with E-state index in [9.17, 15) is 9.18 Å². The van der Waals surface area contributed by atoms with Crippen molar-refractivity contribution < 1.29 is 8.81 Å². The third kappa shape index (κ3) is 3.29. The predicted octanol–water partition coefficient (Wildman–Crippen LogP) is 3.88. The van der Waals surface area contributed by atoms with E-state index < -0.39 is 5.63 Å². The maximum Gasteiger partial charge on any atom is 0.345 e.